The third kappa shape index (κ3) is 5.12. The number of anilines is 2. The van der Waals surface area contributed by atoms with Gasteiger partial charge in [-0.05, 0) is 67.3 Å². The zero-order valence-corrected chi connectivity index (χ0v) is 18.2. The number of rotatable bonds is 6. The van der Waals surface area contributed by atoms with Gasteiger partial charge >= 0.3 is 0 Å². The van der Waals surface area contributed by atoms with E-state index >= 15 is 0 Å². The van der Waals surface area contributed by atoms with Gasteiger partial charge in [-0.2, -0.15) is 0 Å². The fourth-order valence-corrected chi connectivity index (χ4v) is 4.43. The van der Waals surface area contributed by atoms with Crippen molar-refractivity contribution in [2.45, 2.75) is 16.7 Å². The molecule has 0 fully saturated rings. The largest absolute Gasteiger partial charge is 0.321 e. The first kappa shape index (κ1) is 21.2. The van der Waals surface area contributed by atoms with E-state index in [-0.39, 0.29) is 10.8 Å². The summed E-state index contributed by atoms with van der Waals surface area (Å²) in [4.78, 5) is 13.7. The van der Waals surface area contributed by atoms with Gasteiger partial charge in [0.2, 0.25) is 0 Å². The molecule has 0 unspecified atom stereocenters. The first-order chi connectivity index (χ1) is 13.8. The van der Waals surface area contributed by atoms with E-state index in [1.54, 1.807) is 19.1 Å². The zero-order chi connectivity index (χ0) is 21.0. The lowest BCUT2D eigenvalue weighted by Gasteiger charge is -2.13. The average molecular weight is 447 g/mol. The fraction of sp³-hybridized carbons (Fsp3) is 0.0952. The lowest BCUT2D eigenvalue weighted by Crippen LogP contribution is -2.16. The molecule has 8 heteroatoms. The van der Waals surface area contributed by atoms with Crippen LogP contribution in [0.3, 0.4) is 0 Å². The molecule has 3 aromatic rings. The average Bonchev–Trinajstić information content (AvgIpc) is 2.70. The van der Waals surface area contributed by atoms with E-state index < -0.39 is 10.0 Å². The summed E-state index contributed by atoms with van der Waals surface area (Å²) in [7, 11) is -3.81. The Morgan fingerprint density at radius 1 is 0.966 bits per heavy atom. The van der Waals surface area contributed by atoms with Crippen LogP contribution >= 0.6 is 23.4 Å². The summed E-state index contributed by atoms with van der Waals surface area (Å²) < 4.78 is 27.9. The molecule has 1 amide bonds. The number of aryl methyl sites for hydroxylation is 1. The van der Waals surface area contributed by atoms with E-state index in [9.17, 15) is 13.2 Å². The number of benzene rings is 3. The zero-order valence-electron chi connectivity index (χ0n) is 15.8. The molecule has 0 spiro atoms. The van der Waals surface area contributed by atoms with Crippen molar-refractivity contribution in [2.24, 2.45) is 0 Å². The molecule has 2 N–H and O–H groups in total. The van der Waals surface area contributed by atoms with Gasteiger partial charge < -0.3 is 5.32 Å². The minimum absolute atomic E-state index is 0.0880. The molecule has 0 aliphatic heterocycles. The van der Waals surface area contributed by atoms with Crippen LogP contribution in [0.2, 0.25) is 5.02 Å². The molecule has 0 saturated heterocycles. The Kier molecular flexibility index (Phi) is 6.52. The van der Waals surface area contributed by atoms with Gasteiger partial charge in [0.25, 0.3) is 15.9 Å². The summed E-state index contributed by atoms with van der Waals surface area (Å²) in [6, 6.07) is 18.2. The molecule has 0 atom stereocenters. The summed E-state index contributed by atoms with van der Waals surface area (Å²) >= 11 is 7.36. The Morgan fingerprint density at radius 3 is 2.34 bits per heavy atom. The van der Waals surface area contributed by atoms with Gasteiger partial charge in [-0.1, -0.05) is 29.8 Å². The molecule has 0 radical (unpaired) electrons. The van der Waals surface area contributed by atoms with Gasteiger partial charge in [0, 0.05) is 15.5 Å². The predicted octanol–water partition coefficient (Wildman–Crippen LogP) is 5.42. The van der Waals surface area contributed by atoms with Gasteiger partial charge in [-0.25, -0.2) is 8.42 Å². The maximum atomic E-state index is 12.7. The Hall–Kier alpha value is -2.48. The van der Waals surface area contributed by atoms with E-state index in [0.717, 1.165) is 4.90 Å². The van der Waals surface area contributed by atoms with Crippen LogP contribution in [-0.2, 0) is 10.0 Å². The fourth-order valence-electron chi connectivity index (χ4n) is 2.63. The van der Waals surface area contributed by atoms with Crippen molar-refractivity contribution in [1.82, 2.24) is 0 Å². The van der Waals surface area contributed by atoms with Crippen LogP contribution in [0.4, 0.5) is 11.4 Å². The lowest BCUT2D eigenvalue weighted by atomic mass is 10.1. The maximum Gasteiger partial charge on any atom is 0.261 e. The van der Waals surface area contributed by atoms with E-state index in [1.165, 1.54) is 42.1 Å². The lowest BCUT2D eigenvalue weighted by molar-refractivity contribution is 0.102. The molecule has 0 bridgehead atoms. The second kappa shape index (κ2) is 8.90. The van der Waals surface area contributed by atoms with Crippen molar-refractivity contribution in [2.75, 3.05) is 16.3 Å². The van der Waals surface area contributed by atoms with Crippen LogP contribution in [-0.4, -0.2) is 20.6 Å². The van der Waals surface area contributed by atoms with Crippen LogP contribution in [0.25, 0.3) is 0 Å². The van der Waals surface area contributed by atoms with Crippen LogP contribution < -0.4 is 10.0 Å². The molecule has 3 rings (SSSR count). The van der Waals surface area contributed by atoms with Gasteiger partial charge in [0.15, 0.2) is 0 Å². The summed E-state index contributed by atoms with van der Waals surface area (Å²) in [5, 5.41) is 3.32. The van der Waals surface area contributed by atoms with Gasteiger partial charge in [-0.3, -0.25) is 9.52 Å². The second-order valence-electron chi connectivity index (χ2n) is 6.24. The Labute approximate surface area is 179 Å². The van der Waals surface area contributed by atoms with Crippen molar-refractivity contribution in [3.8, 4) is 0 Å². The quantitative estimate of drug-likeness (QED) is 0.495. The van der Waals surface area contributed by atoms with Crippen molar-refractivity contribution in [1.29, 1.82) is 0 Å². The summed E-state index contributed by atoms with van der Waals surface area (Å²) in [6.07, 6.45) is 1.93. The molecule has 150 valence electrons. The third-order valence-electron chi connectivity index (χ3n) is 4.22. The highest BCUT2D eigenvalue weighted by molar-refractivity contribution is 7.98. The van der Waals surface area contributed by atoms with Crippen LogP contribution in [0.15, 0.2) is 76.5 Å². The highest BCUT2D eigenvalue weighted by Crippen LogP contribution is 2.26. The highest BCUT2D eigenvalue weighted by Gasteiger charge is 2.17. The van der Waals surface area contributed by atoms with Gasteiger partial charge in [-0.15, -0.1) is 11.8 Å². The number of hydrogen-bond acceptors (Lipinski definition) is 4. The number of hydrogen-bond donors (Lipinski definition) is 2. The number of para-hydroxylation sites is 1. The number of thioether (sulfide) groups is 1. The summed E-state index contributed by atoms with van der Waals surface area (Å²) in [5.41, 5.74) is 2.09. The topological polar surface area (TPSA) is 75.3 Å². The van der Waals surface area contributed by atoms with Crippen LogP contribution in [0.1, 0.15) is 15.9 Å². The monoisotopic (exact) mass is 446 g/mol. The van der Waals surface area contributed by atoms with E-state index in [0.29, 0.717) is 27.5 Å². The Bertz CT molecular complexity index is 1150. The molecule has 0 saturated carbocycles. The highest BCUT2D eigenvalue weighted by atomic mass is 35.5. The minimum Gasteiger partial charge on any atom is -0.321 e. The predicted molar refractivity (Wildman–Crippen MR) is 120 cm³/mol. The summed E-state index contributed by atoms with van der Waals surface area (Å²) in [5.74, 6) is -0.321. The Morgan fingerprint density at radius 2 is 1.66 bits per heavy atom. The standard InChI is InChI=1S/C21H19ClN2O3S2/c1-14-7-8-15(21(25)23-18-5-3-4-6-20(18)28-2)13-19(14)24-29(26,27)17-11-9-16(22)10-12-17/h3-13,24H,1-2H3,(H,23,25). The number of amides is 1. The van der Waals surface area contributed by atoms with Crippen molar-refractivity contribution < 1.29 is 13.2 Å². The normalized spacial score (nSPS) is 11.1. The van der Waals surface area contributed by atoms with Crippen LogP contribution in [0, 0.1) is 6.92 Å². The second-order valence-corrected chi connectivity index (χ2v) is 9.21. The first-order valence-electron chi connectivity index (χ1n) is 8.63. The number of carbonyl (C=O) groups excluding carboxylic acids is 1. The molecular formula is C21H19ClN2O3S2. The van der Waals surface area contributed by atoms with Gasteiger partial charge in [0.1, 0.15) is 0 Å². The maximum absolute atomic E-state index is 12.7. The van der Waals surface area contributed by atoms with Crippen molar-refractivity contribution >= 4 is 50.7 Å². The molecule has 29 heavy (non-hydrogen) atoms. The number of nitrogens with one attached hydrogen (secondary N) is 2. The molecule has 0 aliphatic carbocycles. The summed E-state index contributed by atoms with van der Waals surface area (Å²) in [6.45, 7) is 1.77. The Balaban J connectivity index is 1.86. The van der Waals surface area contributed by atoms with Crippen molar-refractivity contribution in [3.63, 3.8) is 0 Å². The number of sulfonamides is 1. The number of carbonyl (C=O) groups is 1. The number of halogens is 1. The molecule has 3 aromatic carbocycles. The van der Waals surface area contributed by atoms with E-state index in [4.69, 9.17) is 11.6 Å². The van der Waals surface area contributed by atoms with E-state index in [2.05, 4.69) is 10.0 Å². The van der Waals surface area contributed by atoms with Crippen molar-refractivity contribution in [3.05, 3.63) is 82.9 Å². The SMILES string of the molecule is CSc1ccccc1NC(=O)c1ccc(C)c(NS(=O)(=O)c2ccc(Cl)cc2)c1. The third-order valence-corrected chi connectivity index (χ3v) is 6.65. The van der Waals surface area contributed by atoms with E-state index in [1.807, 2.05) is 30.5 Å². The molecule has 0 aromatic heterocycles. The minimum atomic E-state index is -3.81. The first-order valence-corrected chi connectivity index (χ1v) is 11.7. The van der Waals surface area contributed by atoms with Gasteiger partial charge in [0.05, 0.1) is 16.3 Å². The van der Waals surface area contributed by atoms with Crippen LogP contribution in [0.5, 0.6) is 0 Å². The molecule has 0 heterocycles. The smallest absolute Gasteiger partial charge is 0.261 e. The molecule has 0 aliphatic rings. The molecule has 5 nitrogen and oxygen atoms in total. The molecular weight excluding hydrogens is 428 g/mol.